The van der Waals surface area contributed by atoms with Crippen molar-refractivity contribution in [2.45, 2.75) is 19.4 Å². The Morgan fingerprint density at radius 2 is 1.94 bits per heavy atom. The van der Waals surface area contributed by atoms with Crippen LogP contribution in [0.3, 0.4) is 0 Å². The average Bonchev–Trinajstić information content (AvgIpc) is 3.16. The molecule has 1 aliphatic rings. The molecule has 1 fully saturated rings. The monoisotopic (exact) mass is 235 g/mol. The Labute approximate surface area is 103 Å². The van der Waals surface area contributed by atoms with Crippen molar-refractivity contribution < 1.29 is 9.47 Å². The smallest absolute Gasteiger partial charge is 0.119 e. The normalized spacial score (nSPS) is 14.9. The maximum Gasteiger partial charge on any atom is 0.119 e. The zero-order valence-electron chi connectivity index (χ0n) is 10.4. The Bertz CT molecular complexity index is 319. The first-order valence-electron chi connectivity index (χ1n) is 6.30. The van der Waals surface area contributed by atoms with E-state index in [4.69, 9.17) is 9.47 Å². The van der Waals surface area contributed by atoms with Gasteiger partial charge in [-0.25, -0.2) is 0 Å². The summed E-state index contributed by atoms with van der Waals surface area (Å²) in [6, 6.07) is 8.26. The number of benzene rings is 1. The minimum absolute atomic E-state index is 0.607. The topological polar surface area (TPSA) is 30.5 Å². The van der Waals surface area contributed by atoms with Gasteiger partial charge in [-0.3, -0.25) is 0 Å². The van der Waals surface area contributed by atoms with E-state index in [2.05, 4.69) is 17.4 Å². The largest absolute Gasteiger partial charge is 0.491 e. The summed E-state index contributed by atoms with van der Waals surface area (Å²) in [5.74, 6) is 1.85. The summed E-state index contributed by atoms with van der Waals surface area (Å²) >= 11 is 0. The third-order valence-electron chi connectivity index (χ3n) is 2.94. The molecule has 0 heterocycles. The molecule has 0 aliphatic heterocycles. The number of hydrogen-bond acceptors (Lipinski definition) is 3. The standard InChI is InChI=1S/C14H21NO2/c1-16-8-9-17-14-6-4-13(5-7-14)11-15-10-12-2-3-12/h4-7,12,15H,2-3,8-11H2,1H3. The zero-order chi connectivity index (χ0) is 11.9. The van der Waals surface area contributed by atoms with Crippen molar-refractivity contribution in [3.63, 3.8) is 0 Å². The van der Waals surface area contributed by atoms with Crippen LogP contribution in [-0.4, -0.2) is 26.9 Å². The van der Waals surface area contributed by atoms with Gasteiger partial charge in [-0.2, -0.15) is 0 Å². The molecule has 1 aromatic carbocycles. The third-order valence-corrected chi connectivity index (χ3v) is 2.94. The molecule has 1 aromatic rings. The highest BCUT2D eigenvalue weighted by Crippen LogP contribution is 2.27. The number of nitrogens with one attached hydrogen (secondary N) is 1. The lowest BCUT2D eigenvalue weighted by Crippen LogP contribution is -2.15. The zero-order valence-corrected chi connectivity index (χ0v) is 10.4. The molecule has 0 aromatic heterocycles. The van der Waals surface area contributed by atoms with Crippen LogP contribution in [0.25, 0.3) is 0 Å². The van der Waals surface area contributed by atoms with Crippen molar-refractivity contribution in [2.24, 2.45) is 5.92 Å². The van der Waals surface area contributed by atoms with Crippen LogP contribution in [0.4, 0.5) is 0 Å². The summed E-state index contributed by atoms with van der Waals surface area (Å²) in [6.45, 7) is 3.35. The minimum atomic E-state index is 0.607. The molecule has 0 amide bonds. The SMILES string of the molecule is COCCOc1ccc(CNCC2CC2)cc1. The maximum atomic E-state index is 5.51. The van der Waals surface area contributed by atoms with E-state index in [0.29, 0.717) is 13.2 Å². The molecule has 0 bridgehead atoms. The van der Waals surface area contributed by atoms with Gasteiger partial charge in [0.2, 0.25) is 0 Å². The van der Waals surface area contributed by atoms with Gasteiger partial charge in [0.25, 0.3) is 0 Å². The van der Waals surface area contributed by atoms with Crippen molar-refractivity contribution in [3.05, 3.63) is 29.8 Å². The Hall–Kier alpha value is -1.06. The molecule has 3 heteroatoms. The van der Waals surface area contributed by atoms with Gasteiger partial charge in [-0.15, -0.1) is 0 Å². The van der Waals surface area contributed by atoms with Crippen molar-refractivity contribution >= 4 is 0 Å². The van der Waals surface area contributed by atoms with Crippen LogP contribution in [0.15, 0.2) is 24.3 Å². The predicted molar refractivity (Wildman–Crippen MR) is 68.2 cm³/mol. The van der Waals surface area contributed by atoms with Crippen molar-refractivity contribution in [1.29, 1.82) is 0 Å². The lowest BCUT2D eigenvalue weighted by atomic mass is 10.2. The van der Waals surface area contributed by atoms with Gasteiger partial charge in [0.1, 0.15) is 12.4 Å². The van der Waals surface area contributed by atoms with Gasteiger partial charge in [0, 0.05) is 13.7 Å². The molecule has 1 aliphatic carbocycles. The van der Waals surface area contributed by atoms with Crippen LogP contribution in [-0.2, 0) is 11.3 Å². The lowest BCUT2D eigenvalue weighted by Gasteiger charge is -2.07. The molecule has 1 saturated carbocycles. The summed E-state index contributed by atoms with van der Waals surface area (Å²) in [5.41, 5.74) is 1.31. The van der Waals surface area contributed by atoms with Crippen molar-refractivity contribution in [2.75, 3.05) is 26.9 Å². The summed E-state index contributed by atoms with van der Waals surface area (Å²) in [6.07, 6.45) is 2.80. The van der Waals surface area contributed by atoms with E-state index >= 15 is 0 Å². The second kappa shape index (κ2) is 6.62. The molecule has 2 rings (SSSR count). The Morgan fingerprint density at radius 1 is 1.18 bits per heavy atom. The molecular weight excluding hydrogens is 214 g/mol. The Balaban J connectivity index is 1.68. The summed E-state index contributed by atoms with van der Waals surface area (Å²) < 4.78 is 10.4. The number of rotatable bonds is 8. The Kier molecular flexibility index (Phi) is 4.83. The maximum absolute atomic E-state index is 5.51. The highest BCUT2D eigenvalue weighted by molar-refractivity contribution is 5.27. The van der Waals surface area contributed by atoms with Crippen molar-refractivity contribution in [1.82, 2.24) is 5.32 Å². The van der Waals surface area contributed by atoms with Crippen LogP contribution in [0.5, 0.6) is 5.75 Å². The highest BCUT2D eigenvalue weighted by atomic mass is 16.5. The van der Waals surface area contributed by atoms with Gasteiger partial charge in [0.05, 0.1) is 6.61 Å². The van der Waals surface area contributed by atoms with Crippen LogP contribution in [0.2, 0.25) is 0 Å². The molecule has 3 nitrogen and oxygen atoms in total. The van der Waals surface area contributed by atoms with E-state index < -0.39 is 0 Å². The lowest BCUT2D eigenvalue weighted by molar-refractivity contribution is 0.146. The van der Waals surface area contributed by atoms with Gasteiger partial charge in [0.15, 0.2) is 0 Å². The van der Waals surface area contributed by atoms with E-state index in [9.17, 15) is 0 Å². The first-order valence-corrected chi connectivity index (χ1v) is 6.30. The molecular formula is C14H21NO2. The van der Waals surface area contributed by atoms with Gasteiger partial charge in [-0.05, 0) is 43.0 Å². The number of methoxy groups -OCH3 is 1. The summed E-state index contributed by atoms with van der Waals surface area (Å²) in [7, 11) is 1.68. The highest BCUT2D eigenvalue weighted by Gasteiger charge is 2.19. The van der Waals surface area contributed by atoms with Gasteiger partial charge in [-0.1, -0.05) is 12.1 Å². The van der Waals surface area contributed by atoms with E-state index in [1.54, 1.807) is 7.11 Å². The molecule has 0 spiro atoms. The van der Waals surface area contributed by atoms with Gasteiger partial charge >= 0.3 is 0 Å². The first-order chi connectivity index (χ1) is 8.38. The third kappa shape index (κ3) is 4.75. The summed E-state index contributed by atoms with van der Waals surface area (Å²) in [4.78, 5) is 0. The van der Waals surface area contributed by atoms with E-state index in [-0.39, 0.29) is 0 Å². The second-order valence-electron chi connectivity index (χ2n) is 4.56. The fraction of sp³-hybridized carbons (Fsp3) is 0.571. The molecule has 0 saturated heterocycles. The van der Waals surface area contributed by atoms with E-state index in [1.807, 2.05) is 12.1 Å². The van der Waals surface area contributed by atoms with Crippen LogP contribution in [0.1, 0.15) is 18.4 Å². The molecule has 0 atom stereocenters. The van der Waals surface area contributed by atoms with Gasteiger partial charge < -0.3 is 14.8 Å². The average molecular weight is 235 g/mol. The quantitative estimate of drug-likeness (QED) is 0.701. The second-order valence-corrected chi connectivity index (χ2v) is 4.56. The van der Waals surface area contributed by atoms with Crippen LogP contribution in [0, 0.1) is 5.92 Å². The molecule has 17 heavy (non-hydrogen) atoms. The summed E-state index contributed by atoms with van der Waals surface area (Å²) in [5, 5.41) is 3.47. The van der Waals surface area contributed by atoms with Crippen LogP contribution >= 0.6 is 0 Å². The first kappa shape index (κ1) is 12.4. The number of ether oxygens (including phenoxy) is 2. The Morgan fingerprint density at radius 3 is 2.59 bits per heavy atom. The van der Waals surface area contributed by atoms with Crippen LogP contribution < -0.4 is 10.1 Å². The van der Waals surface area contributed by atoms with E-state index in [1.165, 1.54) is 18.4 Å². The van der Waals surface area contributed by atoms with E-state index in [0.717, 1.165) is 24.8 Å². The number of hydrogen-bond donors (Lipinski definition) is 1. The molecule has 0 unspecified atom stereocenters. The minimum Gasteiger partial charge on any atom is -0.491 e. The fourth-order valence-corrected chi connectivity index (χ4v) is 1.69. The fourth-order valence-electron chi connectivity index (χ4n) is 1.69. The molecule has 94 valence electrons. The van der Waals surface area contributed by atoms with Crippen molar-refractivity contribution in [3.8, 4) is 5.75 Å². The molecule has 0 radical (unpaired) electrons. The predicted octanol–water partition coefficient (Wildman–Crippen LogP) is 2.21. The molecule has 1 N–H and O–H groups in total.